The van der Waals surface area contributed by atoms with Gasteiger partial charge in [-0.25, -0.2) is 9.07 Å². The molecule has 4 aromatic rings. The van der Waals surface area contributed by atoms with E-state index in [1.165, 1.54) is 18.3 Å². The van der Waals surface area contributed by atoms with E-state index in [1.807, 2.05) is 30.3 Å². The quantitative estimate of drug-likeness (QED) is 0.412. The first-order chi connectivity index (χ1) is 16.0. The van der Waals surface area contributed by atoms with Gasteiger partial charge in [0.2, 0.25) is 0 Å². The van der Waals surface area contributed by atoms with Crippen molar-refractivity contribution in [2.75, 3.05) is 0 Å². The molecule has 1 atom stereocenters. The number of hydrogen-bond donors (Lipinski definition) is 1. The lowest BCUT2D eigenvalue weighted by Gasteiger charge is -2.17. The van der Waals surface area contributed by atoms with Crippen LogP contribution in [0.15, 0.2) is 91.3 Å². The molecule has 1 amide bonds. The van der Waals surface area contributed by atoms with Gasteiger partial charge >= 0.3 is 0 Å². The number of rotatable bonds is 8. The Kier molecular flexibility index (Phi) is 6.59. The molecule has 4 rings (SSSR count). The summed E-state index contributed by atoms with van der Waals surface area (Å²) in [6.45, 7) is 1.85. The third-order valence-corrected chi connectivity index (χ3v) is 5.05. The predicted molar refractivity (Wildman–Crippen MR) is 122 cm³/mol. The van der Waals surface area contributed by atoms with Gasteiger partial charge in [-0.3, -0.25) is 9.59 Å². The molecule has 3 aromatic carbocycles. The second-order valence-electron chi connectivity index (χ2n) is 7.44. The SMILES string of the molecule is CC(Oc1ccccc1C(=O)c1cnn(-c2ccccc2)c1)C(=O)NCc1ccc(F)cc1. The Morgan fingerprint density at radius 1 is 1.00 bits per heavy atom. The average molecular weight is 443 g/mol. The Morgan fingerprint density at radius 3 is 2.45 bits per heavy atom. The number of ether oxygens (including phenoxy) is 1. The van der Waals surface area contributed by atoms with Crippen molar-refractivity contribution in [3.63, 3.8) is 0 Å². The molecule has 0 saturated heterocycles. The number of aromatic nitrogens is 2. The Hall–Kier alpha value is -4.26. The molecule has 1 aromatic heterocycles. The van der Waals surface area contributed by atoms with Crippen LogP contribution in [0.1, 0.15) is 28.4 Å². The van der Waals surface area contributed by atoms with Crippen LogP contribution >= 0.6 is 0 Å². The van der Waals surface area contributed by atoms with Crippen LogP contribution < -0.4 is 10.1 Å². The monoisotopic (exact) mass is 443 g/mol. The van der Waals surface area contributed by atoms with Crippen molar-refractivity contribution in [3.8, 4) is 11.4 Å². The van der Waals surface area contributed by atoms with Gasteiger partial charge in [0.1, 0.15) is 11.6 Å². The van der Waals surface area contributed by atoms with Crippen molar-refractivity contribution in [1.82, 2.24) is 15.1 Å². The number of ketones is 1. The van der Waals surface area contributed by atoms with E-state index in [0.717, 1.165) is 11.3 Å². The molecular formula is C26H22FN3O3. The summed E-state index contributed by atoms with van der Waals surface area (Å²) in [5, 5.41) is 7.03. The summed E-state index contributed by atoms with van der Waals surface area (Å²) in [4.78, 5) is 25.6. The highest BCUT2D eigenvalue weighted by atomic mass is 19.1. The maximum atomic E-state index is 13.1. The Balaban J connectivity index is 1.44. The van der Waals surface area contributed by atoms with E-state index >= 15 is 0 Å². The molecule has 166 valence electrons. The number of para-hydroxylation sites is 2. The number of benzene rings is 3. The van der Waals surface area contributed by atoms with Gasteiger partial charge in [0.15, 0.2) is 11.9 Å². The van der Waals surface area contributed by atoms with E-state index in [1.54, 1.807) is 54.2 Å². The minimum Gasteiger partial charge on any atom is -0.480 e. The summed E-state index contributed by atoms with van der Waals surface area (Å²) in [5.41, 5.74) is 2.35. The van der Waals surface area contributed by atoms with Crippen LogP contribution in [0.2, 0.25) is 0 Å². The highest BCUT2D eigenvalue weighted by molar-refractivity contribution is 6.10. The smallest absolute Gasteiger partial charge is 0.261 e. The highest BCUT2D eigenvalue weighted by Crippen LogP contribution is 2.23. The van der Waals surface area contributed by atoms with Crippen LogP contribution in [0.3, 0.4) is 0 Å². The van der Waals surface area contributed by atoms with Crippen LogP contribution in [0.5, 0.6) is 5.75 Å². The molecule has 7 heteroatoms. The third kappa shape index (κ3) is 5.33. The normalized spacial score (nSPS) is 11.6. The molecule has 0 radical (unpaired) electrons. The van der Waals surface area contributed by atoms with E-state index < -0.39 is 6.10 Å². The molecular weight excluding hydrogens is 421 g/mol. The van der Waals surface area contributed by atoms with Crippen LogP contribution in [-0.4, -0.2) is 27.6 Å². The maximum Gasteiger partial charge on any atom is 0.261 e. The number of nitrogens with one attached hydrogen (secondary N) is 1. The van der Waals surface area contributed by atoms with Crippen LogP contribution in [0.4, 0.5) is 4.39 Å². The minimum absolute atomic E-state index is 0.242. The van der Waals surface area contributed by atoms with E-state index in [0.29, 0.717) is 16.9 Å². The lowest BCUT2D eigenvalue weighted by Crippen LogP contribution is -2.36. The maximum absolute atomic E-state index is 13.1. The summed E-state index contributed by atoms with van der Waals surface area (Å²) in [6, 6.07) is 22.1. The fraction of sp³-hybridized carbons (Fsp3) is 0.115. The van der Waals surface area contributed by atoms with Gasteiger partial charge in [-0.1, -0.05) is 42.5 Å². The van der Waals surface area contributed by atoms with E-state index in [9.17, 15) is 14.0 Å². The summed E-state index contributed by atoms with van der Waals surface area (Å²) in [7, 11) is 0. The number of amides is 1. The van der Waals surface area contributed by atoms with Gasteiger partial charge in [-0.05, 0) is 48.9 Å². The first-order valence-electron chi connectivity index (χ1n) is 10.4. The topological polar surface area (TPSA) is 73.2 Å². The Morgan fingerprint density at radius 2 is 1.70 bits per heavy atom. The van der Waals surface area contributed by atoms with Gasteiger partial charge in [-0.15, -0.1) is 0 Å². The lowest BCUT2D eigenvalue weighted by atomic mass is 10.1. The molecule has 1 N–H and O–H groups in total. The largest absolute Gasteiger partial charge is 0.480 e. The zero-order chi connectivity index (χ0) is 23.2. The molecule has 0 aliphatic rings. The second kappa shape index (κ2) is 9.91. The van der Waals surface area contributed by atoms with Crippen molar-refractivity contribution in [1.29, 1.82) is 0 Å². The molecule has 0 spiro atoms. The first kappa shape index (κ1) is 22.0. The highest BCUT2D eigenvalue weighted by Gasteiger charge is 2.20. The minimum atomic E-state index is -0.841. The number of halogens is 1. The molecule has 0 aliphatic heterocycles. The molecule has 0 bridgehead atoms. The Bertz CT molecular complexity index is 1250. The number of carbonyl (C=O) groups is 2. The fourth-order valence-corrected chi connectivity index (χ4v) is 3.25. The van der Waals surface area contributed by atoms with E-state index in [2.05, 4.69) is 10.4 Å². The fourth-order valence-electron chi connectivity index (χ4n) is 3.25. The van der Waals surface area contributed by atoms with Gasteiger partial charge in [0, 0.05) is 12.7 Å². The van der Waals surface area contributed by atoms with Crippen molar-refractivity contribution >= 4 is 11.7 Å². The zero-order valence-corrected chi connectivity index (χ0v) is 17.9. The van der Waals surface area contributed by atoms with E-state index in [4.69, 9.17) is 4.74 Å². The van der Waals surface area contributed by atoms with Crippen LogP contribution in [0, 0.1) is 5.82 Å². The first-order valence-corrected chi connectivity index (χ1v) is 10.4. The summed E-state index contributed by atoms with van der Waals surface area (Å²) >= 11 is 0. The van der Waals surface area contributed by atoms with Gasteiger partial charge < -0.3 is 10.1 Å². The van der Waals surface area contributed by atoms with Gasteiger partial charge in [0.25, 0.3) is 5.91 Å². The predicted octanol–water partition coefficient (Wildman–Crippen LogP) is 4.33. The third-order valence-electron chi connectivity index (χ3n) is 5.05. The van der Waals surface area contributed by atoms with Crippen LogP contribution in [-0.2, 0) is 11.3 Å². The molecule has 0 aliphatic carbocycles. The van der Waals surface area contributed by atoms with Crippen molar-refractivity contribution in [3.05, 3.63) is 114 Å². The van der Waals surface area contributed by atoms with Gasteiger partial charge in [-0.2, -0.15) is 5.10 Å². The summed E-state index contributed by atoms with van der Waals surface area (Å²) < 4.78 is 20.5. The number of hydrogen-bond acceptors (Lipinski definition) is 4. The molecule has 6 nitrogen and oxygen atoms in total. The van der Waals surface area contributed by atoms with Crippen molar-refractivity contribution in [2.24, 2.45) is 0 Å². The van der Waals surface area contributed by atoms with Crippen LogP contribution in [0.25, 0.3) is 5.69 Å². The molecule has 1 unspecified atom stereocenters. The zero-order valence-electron chi connectivity index (χ0n) is 17.9. The lowest BCUT2D eigenvalue weighted by molar-refractivity contribution is -0.127. The standard InChI is InChI=1S/C26H22FN3O3/c1-18(26(32)28-15-19-11-13-21(27)14-12-19)33-24-10-6-5-9-23(24)25(31)20-16-29-30(17-20)22-7-3-2-4-8-22/h2-14,16-18H,15H2,1H3,(H,28,32). The number of carbonyl (C=O) groups excluding carboxylic acids is 2. The molecule has 1 heterocycles. The summed E-state index contributed by atoms with van der Waals surface area (Å²) in [5.74, 6) is -0.637. The molecule has 33 heavy (non-hydrogen) atoms. The van der Waals surface area contributed by atoms with Crippen molar-refractivity contribution < 1.29 is 18.7 Å². The molecule has 0 fully saturated rings. The average Bonchev–Trinajstić information content (AvgIpc) is 3.34. The molecule has 0 saturated carbocycles. The number of nitrogens with zero attached hydrogens (tertiary/aromatic N) is 2. The Labute approximate surface area is 190 Å². The second-order valence-corrected chi connectivity index (χ2v) is 7.44. The van der Waals surface area contributed by atoms with Crippen molar-refractivity contribution in [2.45, 2.75) is 19.6 Å². The van der Waals surface area contributed by atoms with Gasteiger partial charge in [0.05, 0.1) is 23.0 Å². The summed E-state index contributed by atoms with van der Waals surface area (Å²) in [6.07, 6.45) is 2.32. The van der Waals surface area contributed by atoms with E-state index in [-0.39, 0.29) is 24.1 Å².